The summed E-state index contributed by atoms with van der Waals surface area (Å²) < 4.78 is 11.5. The summed E-state index contributed by atoms with van der Waals surface area (Å²) in [6.45, 7) is 5.26. The van der Waals surface area contributed by atoms with E-state index in [-0.39, 0.29) is 42.4 Å². The Morgan fingerprint density at radius 3 is 2.27 bits per heavy atom. The van der Waals surface area contributed by atoms with Crippen LogP contribution in [0.2, 0.25) is 0 Å². The number of aromatic nitrogens is 1. The Labute approximate surface area is 330 Å². The zero-order valence-electron chi connectivity index (χ0n) is 33.4. The highest BCUT2D eigenvalue weighted by Crippen LogP contribution is 2.28. The number of hydrogen-bond donors (Lipinski definition) is 5. The van der Waals surface area contributed by atoms with Gasteiger partial charge in [0.1, 0.15) is 30.2 Å². The molecular formula is C41H63N5O10. The first-order valence-corrected chi connectivity index (χ1v) is 20.5. The molecule has 0 aliphatic carbocycles. The first-order valence-electron chi connectivity index (χ1n) is 20.5. The van der Waals surface area contributed by atoms with Crippen LogP contribution in [0.3, 0.4) is 0 Å². The lowest BCUT2D eigenvalue weighted by Gasteiger charge is -2.28. The second-order valence-electron chi connectivity index (χ2n) is 14.8. The predicted molar refractivity (Wildman–Crippen MR) is 207 cm³/mol. The summed E-state index contributed by atoms with van der Waals surface area (Å²) in [6, 6.07) is 4.23. The van der Waals surface area contributed by atoms with Gasteiger partial charge in [-0.25, -0.2) is 19.9 Å². The second-order valence-corrected chi connectivity index (χ2v) is 14.8. The van der Waals surface area contributed by atoms with E-state index in [9.17, 15) is 39.5 Å². The molecule has 0 spiro atoms. The van der Waals surface area contributed by atoms with E-state index in [0.29, 0.717) is 55.1 Å². The van der Waals surface area contributed by atoms with Crippen molar-refractivity contribution >= 4 is 29.6 Å². The zero-order chi connectivity index (χ0) is 40.9. The number of carbonyl (C=O) groups is 5. The van der Waals surface area contributed by atoms with E-state index < -0.39 is 53.7 Å². The van der Waals surface area contributed by atoms with Gasteiger partial charge in [-0.15, -0.1) is 0 Å². The number of nitrogens with zero attached hydrogens (tertiary/aromatic N) is 3. The number of ether oxygens (including phenoxy) is 1. The van der Waals surface area contributed by atoms with Gasteiger partial charge >= 0.3 is 5.97 Å². The number of hydrogen-bond acceptors (Lipinski definition) is 11. The molecule has 1 aromatic carbocycles. The lowest BCUT2D eigenvalue weighted by atomic mass is 9.96. The van der Waals surface area contributed by atoms with E-state index in [1.54, 1.807) is 25.1 Å². The Hall–Kier alpha value is -4.50. The summed E-state index contributed by atoms with van der Waals surface area (Å²) in [5, 5.41) is 36.7. The number of amides is 4. The number of nitrogens with one attached hydrogen (secondary N) is 2. The van der Waals surface area contributed by atoms with Gasteiger partial charge in [-0.2, -0.15) is 0 Å². The molecule has 0 unspecified atom stereocenters. The molecule has 1 aliphatic heterocycles. The Balaban J connectivity index is 1.72. The Morgan fingerprint density at radius 1 is 0.964 bits per heavy atom. The van der Waals surface area contributed by atoms with E-state index >= 15 is 0 Å². The molecule has 312 valence electrons. The highest BCUT2D eigenvalue weighted by molar-refractivity contribution is 5.95. The average molecular weight is 786 g/mol. The molecule has 0 bridgehead atoms. The molecule has 1 aromatic heterocycles. The van der Waals surface area contributed by atoms with Crippen LogP contribution in [-0.2, 0) is 23.9 Å². The van der Waals surface area contributed by atoms with Crippen molar-refractivity contribution in [2.45, 2.75) is 155 Å². The van der Waals surface area contributed by atoms with Crippen LogP contribution in [0.5, 0.6) is 5.75 Å². The number of phenols is 1. The number of aromatic hydroxyl groups is 1. The summed E-state index contributed by atoms with van der Waals surface area (Å²) in [5.41, 5.74) is 0.131. The van der Waals surface area contributed by atoms with Crippen molar-refractivity contribution < 1.29 is 48.6 Å². The third-order valence-corrected chi connectivity index (χ3v) is 10.2. The van der Waals surface area contributed by atoms with Gasteiger partial charge in [0, 0.05) is 20.0 Å². The van der Waals surface area contributed by atoms with Crippen LogP contribution < -0.4 is 10.6 Å². The number of phenolic OH excluding ortho intramolecular Hbond substituents is 1. The number of benzene rings is 1. The highest BCUT2D eigenvalue weighted by atomic mass is 16.5. The SMILES string of the molecule is CCCCCCCCCCCCC[C@@H](OC(=O)[C@@H](CCCCN(O)C(C)=O)NC(=O)c1coc(-c2ccccc2O)n1)[C@H](C)C(=O)N[C@@H]1CCCCN(O)C1=O. The highest BCUT2D eigenvalue weighted by Gasteiger charge is 2.34. The van der Waals surface area contributed by atoms with Crippen molar-refractivity contribution in [1.82, 2.24) is 25.7 Å². The third-order valence-electron chi connectivity index (χ3n) is 10.2. The minimum Gasteiger partial charge on any atom is -0.507 e. The monoisotopic (exact) mass is 785 g/mol. The molecule has 0 saturated carbocycles. The molecule has 0 radical (unpaired) electrons. The van der Waals surface area contributed by atoms with Crippen molar-refractivity contribution in [2.75, 3.05) is 13.1 Å². The molecule has 5 N–H and O–H groups in total. The fraction of sp³-hybridized carbons (Fsp3) is 0.659. The van der Waals surface area contributed by atoms with Crippen molar-refractivity contribution in [2.24, 2.45) is 5.92 Å². The molecule has 15 nitrogen and oxygen atoms in total. The van der Waals surface area contributed by atoms with E-state index in [1.807, 2.05) is 0 Å². The molecule has 1 aliphatic rings. The molecule has 3 rings (SSSR count). The predicted octanol–water partition coefficient (Wildman–Crippen LogP) is 6.69. The van der Waals surface area contributed by atoms with E-state index in [1.165, 1.54) is 51.5 Å². The van der Waals surface area contributed by atoms with E-state index in [2.05, 4.69) is 22.5 Å². The minimum absolute atomic E-state index is 0.00277. The van der Waals surface area contributed by atoms with Crippen LogP contribution in [0.4, 0.5) is 0 Å². The maximum absolute atomic E-state index is 13.9. The summed E-state index contributed by atoms with van der Waals surface area (Å²) in [6.07, 6.45) is 15.2. The summed E-state index contributed by atoms with van der Waals surface area (Å²) in [7, 11) is 0. The summed E-state index contributed by atoms with van der Waals surface area (Å²) in [4.78, 5) is 69.4. The first-order chi connectivity index (χ1) is 26.9. The lowest BCUT2D eigenvalue weighted by molar-refractivity contribution is -0.167. The maximum atomic E-state index is 13.9. The van der Waals surface area contributed by atoms with Crippen LogP contribution in [0.1, 0.15) is 147 Å². The van der Waals surface area contributed by atoms with Crippen LogP contribution in [0.15, 0.2) is 34.9 Å². The van der Waals surface area contributed by atoms with E-state index in [4.69, 9.17) is 9.15 Å². The van der Waals surface area contributed by atoms with Crippen LogP contribution >= 0.6 is 0 Å². The molecule has 4 atom stereocenters. The molecular weight excluding hydrogens is 722 g/mol. The molecule has 56 heavy (non-hydrogen) atoms. The minimum atomic E-state index is -1.20. The lowest BCUT2D eigenvalue weighted by Crippen LogP contribution is -2.50. The van der Waals surface area contributed by atoms with Gasteiger partial charge < -0.3 is 24.9 Å². The summed E-state index contributed by atoms with van der Waals surface area (Å²) in [5.74, 6) is -4.09. The van der Waals surface area contributed by atoms with Gasteiger partial charge in [-0.05, 0) is 63.5 Å². The van der Waals surface area contributed by atoms with Crippen LogP contribution in [0, 0.1) is 5.92 Å². The van der Waals surface area contributed by atoms with Gasteiger partial charge in [-0.1, -0.05) is 90.2 Å². The standard InChI is InChI=1S/C41H63N5O10/c1-4-5-6-7-8-9-10-11-12-13-14-25-36(29(2)37(49)42-32-22-17-20-27-46(54)40(32)51)56-41(52)33(23-18-19-26-45(53)30(3)47)43-38(50)34-28-55-39(44-34)31-21-15-16-24-35(31)48/h15-16,21,24,28-29,32-33,36,48,53-54H,4-14,17-20,22-23,25-27H2,1-3H3,(H,42,49)(H,43,50)/t29-,32+,33+,36+/m0/s1. The van der Waals surface area contributed by atoms with Gasteiger partial charge in [0.05, 0.1) is 11.5 Å². The smallest absolute Gasteiger partial charge is 0.328 e. The van der Waals surface area contributed by atoms with Gasteiger partial charge in [0.15, 0.2) is 5.69 Å². The first kappa shape index (κ1) is 45.9. The molecule has 1 fully saturated rings. The quantitative estimate of drug-likeness (QED) is 0.0310. The molecule has 15 heteroatoms. The number of unbranched alkanes of at least 4 members (excludes halogenated alkanes) is 11. The number of para-hydroxylation sites is 1. The zero-order valence-corrected chi connectivity index (χ0v) is 33.4. The Bertz CT molecular complexity index is 1530. The topological polar surface area (TPSA) is 212 Å². The van der Waals surface area contributed by atoms with Gasteiger partial charge in [0.2, 0.25) is 17.7 Å². The van der Waals surface area contributed by atoms with Crippen molar-refractivity contribution in [3.8, 4) is 17.2 Å². The molecule has 2 aromatic rings. The number of hydroxylamine groups is 4. The van der Waals surface area contributed by atoms with Gasteiger partial charge in [-0.3, -0.25) is 29.6 Å². The number of oxazole rings is 1. The normalized spacial score (nSPS) is 16.1. The van der Waals surface area contributed by atoms with Crippen molar-refractivity contribution in [3.05, 3.63) is 36.2 Å². The average Bonchev–Trinajstić information content (AvgIpc) is 3.62. The molecule has 4 amide bonds. The Kier molecular flexibility index (Phi) is 20.4. The molecule has 1 saturated heterocycles. The summed E-state index contributed by atoms with van der Waals surface area (Å²) >= 11 is 0. The van der Waals surface area contributed by atoms with Crippen LogP contribution in [-0.4, -0.2) is 91.5 Å². The number of carbonyl (C=O) groups excluding carboxylic acids is 5. The molecule has 2 heterocycles. The Morgan fingerprint density at radius 2 is 1.61 bits per heavy atom. The fourth-order valence-electron chi connectivity index (χ4n) is 6.69. The third kappa shape index (κ3) is 15.6. The fourth-order valence-corrected chi connectivity index (χ4v) is 6.69. The van der Waals surface area contributed by atoms with Crippen LogP contribution in [0.25, 0.3) is 11.5 Å². The van der Waals surface area contributed by atoms with Crippen molar-refractivity contribution in [3.63, 3.8) is 0 Å². The van der Waals surface area contributed by atoms with E-state index in [0.717, 1.165) is 31.9 Å². The largest absolute Gasteiger partial charge is 0.507 e. The van der Waals surface area contributed by atoms with Crippen molar-refractivity contribution in [1.29, 1.82) is 0 Å². The number of esters is 1. The van der Waals surface area contributed by atoms with Gasteiger partial charge in [0.25, 0.3) is 11.8 Å². The maximum Gasteiger partial charge on any atom is 0.328 e. The second kappa shape index (κ2) is 24.9. The number of rotatable bonds is 25.